The summed E-state index contributed by atoms with van der Waals surface area (Å²) in [5, 5.41) is 11.6. The van der Waals surface area contributed by atoms with Gasteiger partial charge in [0.25, 0.3) is 0 Å². The number of nitrogens with one attached hydrogen (secondary N) is 1. The molecule has 1 heterocycles. The Kier molecular flexibility index (Phi) is 4.95. The van der Waals surface area contributed by atoms with E-state index in [1.807, 2.05) is 18.5 Å². The van der Waals surface area contributed by atoms with Gasteiger partial charge in [0.05, 0.1) is 7.11 Å². The number of likely N-dealkylation sites (N-methyl/N-ethyl adjacent to an activating group) is 1. The molecule has 1 N–H and O–H groups in total. The van der Waals surface area contributed by atoms with Crippen LogP contribution >= 0.6 is 11.8 Å². The average Bonchev–Trinajstić information content (AvgIpc) is 2.74. The molecule has 1 unspecified atom stereocenters. The number of aromatic nitrogens is 3. The third-order valence-electron chi connectivity index (χ3n) is 2.69. The number of methoxy groups -OCH3 is 1. The lowest BCUT2D eigenvalue weighted by Crippen LogP contribution is -2.48. The Hall–Kier alpha value is -1.08. The van der Waals surface area contributed by atoms with Crippen LogP contribution in [0.3, 0.4) is 0 Å². The highest BCUT2D eigenvalue weighted by Gasteiger charge is 2.32. The fourth-order valence-corrected chi connectivity index (χ4v) is 2.35. The Labute approximate surface area is 105 Å². The molecular weight excluding hydrogens is 240 g/mol. The van der Waals surface area contributed by atoms with E-state index in [9.17, 15) is 4.79 Å². The van der Waals surface area contributed by atoms with Crippen LogP contribution in [0.5, 0.6) is 0 Å². The molecule has 0 aliphatic heterocycles. The number of thioether (sulfide) groups is 1. The Morgan fingerprint density at radius 3 is 2.88 bits per heavy atom. The van der Waals surface area contributed by atoms with Crippen molar-refractivity contribution in [1.82, 2.24) is 20.1 Å². The third-order valence-corrected chi connectivity index (χ3v) is 3.73. The van der Waals surface area contributed by atoms with E-state index in [2.05, 4.69) is 15.5 Å². The van der Waals surface area contributed by atoms with Crippen LogP contribution in [0, 0.1) is 0 Å². The summed E-state index contributed by atoms with van der Waals surface area (Å²) in [6, 6.07) is 0. The van der Waals surface area contributed by atoms with Gasteiger partial charge in [0.1, 0.15) is 11.9 Å². The molecule has 0 saturated heterocycles. The molecular formula is C10H18N4O2S. The summed E-state index contributed by atoms with van der Waals surface area (Å²) in [7, 11) is 5.04. The van der Waals surface area contributed by atoms with Crippen molar-refractivity contribution in [2.24, 2.45) is 7.05 Å². The van der Waals surface area contributed by atoms with Gasteiger partial charge in [-0.2, -0.15) is 0 Å². The standard InChI is InChI=1S/C10H18N4O2S/c1-10(11-2,8(15)16-4)5-6-17-9-13-12-7-14(9)3/h7,11H,5-6H2,1-4H3. The maximum atomic E-state index is 11.6. The lowest BCUT2D eigenvalue weighted by molar-refractivity contribution is -0.147. The SMILES string of the molecule is CNC(C)(CCSc1nncn1C)C(=O)OC. The van der Waals surface area contributed by atoms with Gasteiger partial charge in [-0.15, -0.1) is 10.2 Å². The van der Waals surface area contributed by atoms with E-state index in [1.165, 1.54) is 7.11 Å². The largest absolute Gasteiger partial charge is 0.468 e. The summed E-state index contributed by atoms with van der Waals surface area (Å²) in [5.41, 5.74) is -0.652. The zero-order valence-electron chi connectivity index (χ0n) is 10.6. The Morgan fingerprint density at radius 2 is 2.41 bits per heavy atom. The molecule has 0 radical (unpaired) electrons. The number of carbonyl (C=O) groups excluding carboxylic acids is 1. The number of nitrogens with zero attached hydrogens (tertiary/aromatic N) is 3. The van der Waals surface area contributed by atoms with Gasteiger partial charge in [-0.3, -0.25) is 4.79 Å². The fourth-order valence-electron chi connectivity index (χ4n) is 1.30. The van der Waals surface area contributed by atoms with Crippen molar-refractivity contribution >= 4 is 17.7 Å². The summed E-state index contributed by atoms with van der Waals surface area (Å²) < 4.78 is 6.62. The molecule has 0 bridgehead atoms. The normalized spacial score (nSPS) is 14.4. The fraction of sp³-hybridized carbons (Fsp3) is 0.700. The minimum Gasteiger partial charge on any atom is -0.468 e. The molecule has 0 fully saturated rings. The molecule has 0 amide bonds. The molecule has 1 aromatic rings. The molecule has 1 atom stereocenters. The number of carbonyl (C=O) groups is 1. The maximum absolute atomic E-state index is 11.6. The predicted molar refractivity (Wildman–Crippen MR) is 65.8 cm³/mol. The van der Waals surface area contributed by atoms with Gasteiger partial charge >= 0.3 is 5.97 Å². The number of hydrogen-bond donors (Lipinski definition) is 1. The van der Waals surface area contributed by atoms with Crippen LogP contribution in [-0.4, -0.2) is 46.2 Å². The van der Waals surface area contributed by atoms with Gasteiger partial charge in [-0.25, -0.2) is 0 Å². The monoisotopic (exact) mass is 258 g/mol. The van der Waals surface area contributed by atoms with Crippen LogP contribution in [0.15, 0.2) is 11.5 Å². The number of hydrogen-bond acceptors (Lipinski definition) is 6. The van der Waals surface area contributed by atoms with E-state index in [0.29, 0.717) is 6.42 Å². The summed E-state index contributed by atoms with van der Waals surface area (Å²) >= 11 is 1.57. The summed E-state index contributed by atoms with van der Waals surface area (Å²) in [5.74, 6) is 0.512. The van der Waals surface area contributed by atoms with Crippen molar-refractivity contribution in [3.8, 4) is 0 Å². The summed E-state index contributed by atoms with van der Waals surface area (Å²) in [6.07, 6.45) is 2.31. The van der Waals surface area contributed by atoms with Gasteiger partial charge in [-0.05, 0) is 20.4 Å². The number of rotatable bonds is 6. The summed E-state index contributed by atoms with van der Waals surface area (Å²) in [6.45, 7) is 1.83. The van der Waals surface area contributed by atoms with Gasteiger partial charge in [0.2, 0.25) is 0 Å². The molecule has 17 heavy (non-hydrogen) atoms. The van der Waals surface area contributed by atoms with Crippen LogP contribution in [0.4, 0.5) is 0 Å². The Morgan fingerprint density at radius 1 is 1.71 bits per heavy atom. The lowest BCUT2D eigenvalue weighted by atomic mass is 10.00. The van der Waals surface area contributed by atoms with E-state index in [0.717, 1.165) is 10.9 Å². The van der Waals surface area contributed by atoms with Crippen LogP contribution in [0.1, 0.15) is 13.3 Å². The Balaban J connectivity index is 2.49. The molecule has 0 aliphatic carbocycles. The molecule has 0 aliphatic rings. The second-order valence-electron chi connectivity index (χ2n) is 3.90. The van der Waals surface area contributed by atoms with Gasteiger partial charge < -0.3 is 14.6 Å². The first-order valence-corrected chi connectivity index (χ1v) is 6.26. The van der Waals surface area contributed by atoms with Gasteiger partial charge in [0.15, 0.2) is 5.16 Å². The van der Waals surface area contributed by atoms with Crippen molar-refractivity contribution in [2.75, 3.05) is 19.9 Å². The second-order valence-corrected chi connectivity index (χ2v) is 4.96. The van der Waals surface area contributed by atoms with Crippen LogP contribution in [0.2, 0.25) is 0 Å². The van der Waals surface area contributed by atoms with Crippen molar-refractivity contribution in [3.63, 3.8) is 0 Å². The van der Waals surface area contributed by atoms with E-state index in [1.54, 1.807) is 25.1 Å². The van der Waals surface area contributed by atoms with Gasteiger partial charge in [0, 0.05) is 12.8 Å². The van der Waals surface area contributed by atoms with Crippen molar-refractivity contribution in [1.29, 1.82) is 0 Å². The topological polar surface area (TPSA) is 69.0 Å². The first-order valence-electron chi connectivity index (χ1n) is 5.27. The smallest absolute Gasteiger partial charge is 0.325 e. The molecule has 0 aromatic carbocycles. The summed E-state index contributed by atoms with van der Waals surface area (Å²) in [4.78, 5) is 11.6. The highest BCUT2D eigenvalue weighted by molar-refractivity contribution is 7.99. The van der Waals surface area contributed by atoms with E-state index >= 15 is 0 Å². The minimum absolute atomic E-state index is 0.251. The lowest BCUT2D eigenvalue weighted by Gasteiger charge is -2.25. The molecule has 1 rings (SSSR count). The van der Waals surface area contributed by atoms with Crippen molar-refractivity contribution in [2.45, 2.75) is 24.0 Å². The molecule has 96 valence electrons. The van der Waals surface area contributed by atoms with E-state index in [-0.39, 0.29) is 5.97 Å². The average molecular weight is 258 g/mol. The van der Waals surface area contributed by atoms with Crippen LogP contribution in [0.25, 0.3) is 0 Å². The van der Waals surface area contributed by atoms with Crippen molar-refractivity contribution < 1.29 is 9.53 Å². The quantitative estimate of drug-likeness (QED) is 0.590. The minimum atomic E-state index is -0.652. The molecule has 7 heteroatoms. The third kappa shape index (κ3) is 3.44. The second kappa shape index (κ2) is 6.02. The highest BCUT2D eigenvalue weighted by atomic mass is 32.2. The molecule has 1 aromatic heterocycles. The predicted octanol–water partition coefficient (Wildman–Crippen LogP) is 0.448. The zero-order valence-corrected chi connectivity index (χ0v) is 11.4. The highest BCUT2D eigenvalue weighted by Crippen LogP contribution is 2.20. The van der Waals surface area contributed by atoms with E-state index < -0.39 is 5.54 Å². The van der Waals surface area contributed by atoms with Gasteiger partial charge in [-0.1, -0.05) is 11.8 Å². The Bertz CT molecular complexity index is 382. The van der Waals surface area contributed by atoms with Crippen LogP contribution < -0.4 is 5.32 Å². The van der Waals surface area contributed by atoms with E-state index in [4.69, 9.17) is 4.74 Å². The molecule has 6 nitrogen and oxygen atoms in total. The molecule has 0 spiro atoms. The zero-order chi connectivity index (χ0) is 12.9. The molecule has 0 saturated carbocycles. The van der Waals surface area contributed by atoms with Crippen LogP contribution in [-0.2, 0) is 16.6 Å². The first-order chi connectivity index (χ1) is 8.03. The maximum Gasteiger partial charge on any atom is 0.325 e. The first kappa shape index (κ1) is 14.0. The van der Waals surface area contributed by atoms with Crippen molar-refractivity contribution in [3.05, 3.63) is 6.33 Å². The number of esters is 1. The number of aryl methyl sites for hydroxylation is 1. The number of ether oxygens (including phenoxy) is 1.